The quantitative estimate of drug-likeness (QED) is 0.624. The van der Waals surface area contributed by atoms with Gasteiger partial charge in [0.2, 0.25) is 0 Å². The van der Waals surface area contributed by atoms with Gasteiger partial charge >= 0.3 is 12.1 Å². The number of carbonyl (C=O) groups excluding carboxylic acids is 3. The molecule has 0 radical (unpaired) electrons. The fraction of sp³-hybridized carbons (Fsp3) is 0.750. The van der Waals surface area contributed by atoms with Crippen LogP contribution in [0.25, 0.3) is 0 Å². The van der Waals surface area contributed by atoms with Crippen molar-refractivity contribution in [2.24, 2.45) is 5.92 Å². The number of hydrogen-bond acceptors (Lipinski definition) is 5. The van der Waals surface area contributed by atoms with Gasteiger partial charge in [0, 0.05) is 0 Å². The summed E-state index contributed by atoms with van der Waals surface area (Å²) < 4.78 is 9.34. The molecule has 0 aromatic rings. The number of amides is 2. The van der Waals surface area contributed by atoms with Gasteiger partial charge in [-0.1, -0.05) is 0 Å². The second-order valence-electron chi connectivity index (χ2n) is 4.51. The van der Waals surface area contributed by atoms with Crippen LogP contribution in [-0.4, -0.2) is 51.3 Å². The van der Waals surface area contributed by atoms with Gasteiger partial charge in [0.25, 0.3) is 5.91 Å². The molecule has 1 aliphatic rings. The Morgan fingerprint density at radius 2 is 2.11 bits per heavy atom. The number of alkyl carbamates (subject to hydrolysis) is 1. The number of esters is 1. The first-order valence-corrected chi connectivity index (χ1v) is 6.44. The molecular formula is C12H21N2O5+. The summed E-state index contributed by atoms with van der Waals surface area (Å²) in [7, 11) is 1.20. The van der Waals surface area contributed by atoms with Crippen molar-refractivity contribution in [3.8, 4) is 0 Å². The van der Waals surface area contributed by atoms with E-state index in [1.165, 1.54) is 7.11 Å². The second-order valence-corrected chi connectivity index (χ2v) is 4.51. The van der Waals surface area contributed by atoms with Gasteiger partial charge in [0.1, 0.15) is 5.92 Å². The van der Waals surface area contributed by atoms with Gasteiger partial charge in [-0.05, 0) is 19.8 Å². The van der Waals surface area contributed by atoms with E-state index in [0.717, 1.165) is 24.3 Å². The summed E-state index contributed by atoms with van der Waals surface area (Å²) in [6.45, 7) is 3.67. The molecule has 7 heteroatoms. The molecule has 1 unspecified atom stereocenters. The van der Waals surface area contributed by atoms with Crippen molar-refractivity contribution in [2.45, 2.75) is 19.8 Å². The summed E-state index contributed by atoms with van der Waals surface area (Å²) in [4.78, 5) is 35.0. The molecular weight excluding hydrogens is 252 g/mol. The van der Waals surface area contributed by atoms with Crippen molar-refractivity contribution in [2.75, 3.05) is 33.4 Å². The van der Waals surface area contributed by atoms with Crippen LogP contribution in [0.4, 0.5) is 4.79 Å². The van der Waals surface area contributed by atoms with Gasteiger partial charge in [-0.25, -0.2) is 4.79 Å². The SMILES string of the molecule is CCOC(=O)[C@H]1CCC[NH+](CC(=O)NC(=O)OC)C1. The zero-order valence-electron chi connectivity index (χ0n) is 11.4. The number of hydrogen-bond donors (Lipinski definition) is 2. The van der Waals surface area contributed by atoms with E-state index in [2.05, 4.69) is 10.1 Å². The molecule has 1 saturated heterocycles. The maximum Gasteiger partial charge on any atom is 0.413 e. The summed E-state index contributed by atoms with van der Waals surface area (Å²) in [6, 6.07) is 0. The molecule has 0 bridgehead atoms. The van der Waals surface area contributed by atoms with Crippen molar-refractivity contribution in [1.82, 2.24) is 5.32 Å². The van der Waals surface area contributed by atoms with E-state index in [1.54, 1.807) is 6.92 Å². The van der Waals surface area contributed by atoms with Crippen molar-refractivity contribution < 1.29 is 28.8 Å². The van der Waals surface area contributed by atoms with E-state index >= 15 is 0 Å². The highest BCUT2D eigenvalue weighted by Crippen LogP contribution is 2.09. The molecule has 7 nitrogen and oxygen atoms in total. The number of methoxy groups -OCH3 is 1. The first-order valence-electron chi connectivity index (χ1n) is 6.44. The lowest BCUT2D eigenvalue weighted by Gasteiger charge is -2.27. The molecule has 108 valence electrons. The molecule has 2 atom stereocenters. The lowest BCUT2D eigenvalue weighted by Crippen LogP contribution is -3.14. The third kappa shape index (κ3) is 5.25. The fourth-order valence-electron chi connectivity index (χ4n) is 2.21. The largest absolute Gasteiger partial charge is 0.466 e. The van der Waals surface area contributed by atoms with Crippen molar-refractivity contribution in [1.29, 1.82) is 0 Å². The average molecular weight is 273 g/mol. The Kier molecular flexibility index (Phi) is 6.27. The Morgan fingerprint density at radius 1 is 1.37 bits per heavy atom. The average Bonchev–Trinajstić information content (AvgIpc) is 2.39. The lowest BCUT2D eigenvalue weighted by atomic mass is 9.98. The third-order valence-corrected chi connectivity index (χ3v) is 3.08. The van der Waals surface area contributed by atoms with Gasteiger partial charge in [-0.2, -0.15) is 0 Å². The van der Waals surface area contributed by atoms with Crippen LogP contribution in [0.15, 0.2) is 0 Å². The minimum Gasteiger partial charge on any atom is -0.466 e. The predicted molar refractivity (Wildman–Crippen MR) is 65.5 cm³/mol. The number of likely N-dealkylation sites (tertiary alicyclic amines) is 1. The van der Waals surface area contributed by atoms with E-state index in [4.69, 9.17) is 4.74 Å². The van der Waals surface area contributed by atoms with Crippen molar-refractivity contribution in [3.05, 3.63) is 0 Å². The van der Waals surface area contributed by atoms with Gasteiger partial charge < -0.3 is 14.4 Å². The Hall–Kier alpha value is -1.63. The predicted octanol–water partition coefficient (Wildman–Crippen LogP) is -1.27. The van der Waals surface area contributed by atoms with Crippen molar-refractivity contribution in [3.63, 3.8) is 0 Å². The summed E-state index contributed by atoms with van der Waals surface area (Å²) in [5, 5.41) is 2.11. The zero-order valence-corrected chi connectivity index (χ0v) is 11.4. The summed E-state index contributed by atoms with van der Waals surface area (Å²) in [6.07, 6.45) is 0.897. The van der Waals surface area contributed by atoms with Crippen molar-refractivity contribution >= 4 is 18.0 Å². The number of nitrogens with one attached hydrogen (secondary N) is 2. The van der Waals surface area contributed by atoms with E-state index in [9.17, 15) is 14.4 Å². The fourth-order valence-corrected chi connectivity index (χ4v) is 2.21. The lowest BCUT2D eigenvalue weighted by molar-refractivity contribution is -0.899. The summed E-state index contributed by atoms with van der Waals surface area (Å²) >= 11 is 0. The highest BCUT2D eigenvalue weighted by Gasteiger charge is 2.30. The third-order valence-electron chi connectivity index (χ3n) is 3.08. The Balaban J connectivity index is 2.40. The van der Waals surface area contributed by atoms with E-state index in [0.29, 0.717) is 13.2 Å². The highest BCUT2D eigenvalue weighted by molar-refractivity contribution is 5.92. The Bertz CT molecular complexity index is 345. The smallest absolute Gasteiger partial charge is 0.413 e. The molecule has 0 saturated carbocycles. The molecule has 2 amide bonds. The number of imide groups is 1. The van der Waals surface area contributed by atoms with Crippen LogP contribution in [-0.2, 0) is 19.1 Å². The zero-order chi connectivity index (χ0) is 14.3. The van der Waals surface area contributed by atoms with Crippen LogP contribution < -0.4 is 10.2 Å². The number of quaternary nitrogens is 1. The Labute approximate surface area is 112 Å². The molecule has 1 fully saturated rings. The van der Waals surface area contributed by atoms with E-state index in [-0.39, 0.29) is 18.4 Å². The molecule has 1 heterocycles. The monoisotopic (exact) mass is 273 g/mol. The Morgan fingerprint density at radius 3 is 2.74 bits per heavy atom. The summed E-state index contributed by atoms with van der Waals surface area (Å²) in [5.74, 6) is -0.755. The standard InChI is InChI=1S/C12H20N2O5/c1-3-19-11(16)9-5-4-6-14(7-9)8-10(15)13-12(17)18-2/h9H,3-8H2,1-2H3,(H,13,15,17)/p+1/t9-/m0/s1. The first-order chi connectivity index (χ1) is 9.06. The van der Waals surface area contributed by atoms with Crippen LogP contribution >= 0.6 is 0 Å². The summed E-state index contributed by atoms with van der Waals surface area (Å²) in [5.41, 5.74) is 0. The molecule has 19 heavy (non-hydrogen) atoms. The minimum atomic E-state index is -0.761. The van der Waals surface area contributed by atoms with Gasteiger partial charge in [0.15, 0.2) is 6.54 Å². The van der Waals surface area contributed by atoms with E-state index in [1.807, 2.05) is 0 Å². The number of rotatable bonds is 4. The molecule has 0 spiro atoms. The van der Waals surface area contributed by atoms with E-state index < -0.39 is 12.0 Å². The molecule has 1 rings (SSSR count). The normalized spacial score (nSPS) is 22.4. The van der Waals surface area contributed by atoms with Gasteiger partial charge in [-0.3, -0.25) is 14.9 Å². The molecule has 0 aromatic heterocycles. The molecule has 2 N–H and O–H groups in total. The molecule has 1 aliphatic heterocycles. The van der Waals surface area contributed by atoms with Gasteiger partial charge in [-0.15, -0.1) is 0 Å². The van der Waals surface area contributed by atoms with Crippen LogP contribution in [0.5, 0.6) is 0 Å². The van der Waals surface area contributed by atoms with Crippen LogP contribution in [0, 0.1) is 5.92 Å². The van der Waals surface area contributed by atoms with Crippen LogP contribution in [0.3, 0.4) is 0 Å². The maximum absolute atomic E-state index is 11.6. The molecule has 0 aromatic carbocycles. The number of ether oxygens (including phenoxy) is 2. The topological polar surface area (TPSA) is 86.1 Å². The number of piperidine rings is 1. The minimum absolute atomic E-state index is 0.158. The number of carbonyl (C=O) groups is 3. The van der Waals surface area contributed by atoms with Gasteiger partial charge in [0.05, 0.1) is 26.8 Å². The second kappa shape index (κ2) is 7.73. The first kappa shape index (κ1) is 15.4. The maximum atomic E-state index is 11.6. The highest BCUT2D eigenvalue weighted by atomic mass is 16.5. The van der Waals surface area contributed by atoms with Crippen LogP contribution in [0.2, 0.25) is 0 Å². The van der Waals surface area contributed by atoms with Crippen LogP contribution in [0.1, 0.15) is 19.8 Å². The molecule has 0 aliphatic carbocycles.